The normalized spacial score (nSPS) is 13.3. The number of hydrogen-bond donors (Lipinski definition) is 0. The molecule has 7 aromatic carbocycles. The third kappa shape index (κ3) is 3.83. The number of furan rings is 1. The molecule has 0 aliphatic heterocycles. The first-order valence-corrected chi connectivity index (χ1v) is 17.2. The molecule has 0 bridgehead atoms. The minimum Gasteiger partial charge on any atom is -0.455 e. The van der Waals surface area contributed by atoms with E-state index < -0.39 is 5.41 Å². The summed E-state index contributed by atoms with van der Waals surface area (Å²) in [5.41, 5.74) is 9.38. The lowest BCUT2D eigenvalue weighted by Crippen LogP contribution is -2.32. The molecular weight excluding hydrogens is 625 g/mol. The van der Waals surface area contributed by atoms with Gasteiger partial charge in [-0.3, -0.25) is 4.57 Å². The van der Waals surface area contributed by atoms with E-state index in [-0.39, 0.29) is 0 Å². The average molecular weight is 653 g/mol. The molecule has 0 amide bonds. The van der Waals surface area contributed by atoms with Crippen molar-refractivity contribution in [1.29, 1.82) is 0 Å². The topological polar surface area (TPSA) is 56.7 Å². The summed E-state index contributed by atoms with van der Waals surface area (Å²) in [5, 5.41) is 4.37. The number of aromatic nitrogens is 4. The van der Waals surface area contributed by atoms with Gasteiger partial charge in [0.25, 0.3) is 0 Å². The SMILES string of the molecule is c1ccc(C2(c3nc(-c4cccc5c4oc4ccccc45)nc(-n4c5ccccc5c5ccccc54)n3)c3ccccc3-c3ccccc32)cc1. The van der Waals surface area contributed by atoms with Gasteiger partial charge in [0.05, 0.1) is 16.6 Å². The molecule has 1 aliphatic rings. The van der Waals surface area contributed by atoms with Gasteiger partial charge in [-0.05, 0) is 52.1 Å². The molecule has 10 aromatic rings. The Balaban J connectivity index is 1.31. The molecule has 1 aliphatic carbocycles. The summed E-state index contributed by atoms with van der Waals surface area (Å²) < 4.78 is 8.77. The van der Waals surface area contributed by atoms with Crippen LogP contribution < -0.4 is 0 Å². The molecule has 0 N–H and O–H groups in total. The zero-order chi connectivity index (χ0) is 33.5. The molecule has 5 heteroatoms. The summed E-state index contributed by atoms with van der Waals surface area (Å²) in [6.45, 7) is 0. The fourth-order valence-electron chi connectivity index (χ4n) is 8.42. The summed E-state index contributed by atoms with van der Waals surface area (Å²) in [6, 6.07) is 59.3. The van der Waals surface area contributed by atoms with Crippen LogP contribution in [0.5, 0.6) is 0 Å². The predicted octanol–water partition coefficient (Wildman–Crippen LogP) is 10.9. The Labute approximate surface area is 293 Å². The molecule has 11 rings (SSSR count). The molecule has 0 fully saturated rings. The van der Waals surface area contributed by atoms with Crippen molar-refractivity contribution in [2.45, 2.75) is 5.41 Å². The highest BCUT2D eigenvalue weighted by Crippen LogP contribution is 2.55. The quantitative estimate of drug-likeness (QED) is 0.190. The second-order valence-corrected chi connectivity index (χ2v) is 13.1. The van der Waals surface area contributed by atoms with Crippen molar-refractivity contribution >= 4 is 43.7 Å². The zero-order valence-electron chi connectivity index (χ0n) is 27.4. The molecule has 3 aromatic heterocycles. The fourth-order valence-corrected chi connectivity index (χ4v) is 8.42. The van der Waals surface area contributed by atoms with E-state index in [1.54, 1.807) is 0 Å². The lowest BCUT2D eigenvalue weighted by atomic mass is 9.71. The monoisotopic (exact) mass is 652 g/mol. The molecule has 5 nitrogen and oxygen atoms in total. The van der Waals surface area contributed by atoms with Crippen LogP contribution >= 0.6 is 0 Å². The molecule has 3 heterocycles. The molecule has 238 valence electrons. The first-order chi connectivity index (χ1) is 25.3. The van der Waals surface area contributed by atoms with Crippen LogP contribution in [0.2, 0.25) is 0 Å². The van der Waals surface area contributed by atoms with Gasteiger partial charge in [0, 0.05) is 21.5 Å². The van der Waals surface area contributed by atoms with Gasteiger partial charge in [0.15, 0.2) is 11.6 Å². The van der Waals surface area contributed by atoms with E-state index in [0.717, 1.165) is 66.0 Å². The van der Waals surface area contributed by atoms with E-state index in [0.29, 0.717) is 17.6 Å². The first-order valence-electron chi connectivity index (χ1n) is 17.2. The van der Waals surface area contributed by atoms with Gasteiger partial charge in [-0.25, -0.2) is 4.98 Å². The van der Waals surface area contributed by atoms with Crippen LogP contribution in [-0.4, -0.2) is 19.5 Å². The number of rotatable bonds is 4. The van der Waals surface area contributed by atoms with Crippen molar-refractivity contribution in [3.63, 3.8) is 0 Å². The van der Waals surface area contributed by atoms with Crippen LogP contribution in [0.15, 0.2) is 174 Å². The highest BCUT2D eigenvalue weighted by molar-refractivity contribution is 6.10. The van der Waals surface area contributed by atoms with Gasteiger partial charge in [-0.15, -0.1) is 0 Å². The van der Waals surface area contributed by atoms with Crippen LogP contribution in [-0.2, 0) is 5.41 Å². The molecular formula is C46H28N4O. The summed E-state index contributed by atoms with van der Waals surface area (Å²) in [6.07, 6.45) is 0. The van der Waals surface area contributed by atoms with E-state index in [4.69, 9.17) is 19.4 Å². The Morgan fingerprint density at radius 3 is 1.69 bits per heavy atom. The van der Waals surface area contributed by atoms with Crippen molar-refractivity contribution in [2.75, 3.05) is 0 Å². The third-order valence-electron chi connectivity index (χ3n) is 10.5. The Bertz CT molecular complexity index is 2890. The van der Waals surface area contributed by atoms with E-state index in [1.165, 1.54) is 11.1 Å². The van der Waals surface area contributed by atoms with Crippen LogP contribution in [0, 0.1) is 0 Å². The smallest absolute Gasteiger partial charge is 0.238 e. The van der Waals surface area contributed by atoms with E-state index in [9.17, 15) is 0 Å². The summed E-state index contributed by atoms with van der Waals surface area (Å²) in [5.74, 6) is 1.76. The van der Waals surface area contributed by atoms with Crippen LogP contribution in [0.4, 0.5) is 0 Å². The third-order valence-corrected chi connectivity index (χ3v) is 10.5. The molecule has 0 radical (unpaired) electrons. The summed E-state index contributed by atoms with van der Waals surface area (Å²) in [4.78, 5) is 16.4. The number of hydrogen-bond acceptors (Lipinski definition) is 4. The molecule has 0 unspecified atom stereocenters. The molecule has 0 saturated heterocycles. The minimum atomic E-state index is -0.818. The maximum absolute atomic E-state index is 6.59. The molecule has 0 spiro atoms. The fraction of sp³-hybridized carbons (Fsp3) is 0.0217. The summed E-state index contributed by atoms with van der Waals surface area (Å²) >= 11 is 0. The van der Waals surface area contributed by atoms with Gasteiger partial charge in [-0.2, -0.15) is 9.97 Å². The lowest BCUT2D eigenvalue weighted by molar-refractivity contribution is 0.666. The Morgan fingerprint density at radius 2 is 0.980 bits per heavy atom. The first kappa shape index (κ1) is 28.0. The van der Waals surface area contributed by atoms with Gasteiger partial charge in [-0.1, -0.05) is 146 Å². The number of para-hydroxylation sites is 4. The highest BCUT2D eigenvalue weighted by Gasteiger charge is 2.49. The number of nitrogens with zero attached hydrogens (tertiary/aromatic N) is 4. The number of benzene rings is 7. The average Bonchev–Trinajstić information content (AvgIpc) is 3.85. The molecule has 51 heavy (non-hydrogen) atoms. The van der Waals surface area contributed by atoms with Gasteiger partial charge in [0.2, 0.25) is 5.95 Å². The van der Waals surface area contributed by atoms with E-state index in [2.05, 4.69) is 156 Å². The van der Waals surface area contributed by atoms with Gasteiger partial charge < -0.3 is 4.42 Å². The predicted molar refractivity (Wildman–Crippen MR) is 204 cm³/mol. The maximum Gasteiger partial charge on any atom is 0.238 e. The second kappa shape index (κ2) is 10.6. The second-order valence-electron chi connectivity index (χ2n) is 13.1. The van der Waals surface area contributed by atoms with Crippen molar-refractivity contribution in [2.24, 2.45) is 0 Å². The Kier molecular flexibility index (Phi) is 5.81. The van der Waals surface area contributed by atoms with Crippen molar-refractivity contribution in [3.05, 3.63) is 192 Å². The number of fused-ring (bicyclic) bond motifs is 9. The Morgan fingerprint density at radius 1 is 0.431 bits per heavy atom. The maximum atomic E-state index is 6.59. The van der Waals surface area contributed by atoms with Crippen LogP contribution in [0.3, 0.4) is 0 Å². The largest absolute Gasteiger partial charge is 0.455 e. The summed E-state index contributed by atoms with van der Waals surface area (Å²) in [7, 11) is 0. The van der Waals surface area contributed by atoms with E-state index >= 15 is 0 Å². The van der Waals surface area contributed by atoms with Crippen molar-refractivity contribution < 1.29 is 4.42 Å². The van der Waals surface area contributed by atoms with Crippen LogP contribution in [0.1, 0.15) is 22.5 Å². The molecule has 0 atom stereocenters. The van der Waals surface area contributed by atoms with Crippen LogP contribution in [0.25, 0.3) is 72.2 Å². The highest BCUT2D eigenvalue weighted by atomic mass is 16.3. The van der Waals surface area contributed by atoms with Crippen molar-refractivity contribution in [1.82, 2.24) is 19.5 Å². The van der Waals surface area contributed by atoms with Crippen molar-refractivity contribution in [3.8, 4) is 28.5 Å². The van der Waals surface area contributed by atoms with E-state index in [1.807, 2.05) is 18.2 Å². The Hall–Kier alpha value is -6.85. The van der Waals surface area contributed by atoms with Gasteiger partial charge >= 0.3 is 0 Å². The molecule has 0 saturated carbocycles. The minimum absolute atomic E-state index is 0.553. The standard InChI is InChI=1S/C46H28N4O/c1-2-15-29(16-3-1)46(37-24-9-4-17-30(37)31-18-5-10-25-38(31)46)44-47-43(36-23-14-22-35-34-21-8-13-28-41(34)51-42(35)36)48-45(49-44)50-39-26-11-6-19-32(39)33-20-7-12-27-40(33)50/h1-28H. The van der Waals surface area contributed by atoms with Gasteiger partial charge in [0.1, 0.15) is 16.6 Å². The lowest BCUT2D eigenvalue weighted by Gasteiger charge is -2.32. The zero-order valence-corrected chi connectivity index (χ0v) is 27.4.